The lowest BCUT2D eigenvalue weighted by Crippen LogP contribution is -2.61. The molecule has 322 valence electrons. The van der Waals surface area contributed by atoms with Gasteiger partial charge in [-0.3, -0.25) is 18.5 Å². The van der Waals surface area contributed by atoms with Crippen molar-refractivity contribution in [1.82, 2.24) is 5.32 Å². The third-order valence-corrected chi connectivity index (χ3v) is 15.5. The van der Waals surface area contributed by atoms with Gasteiger partial charge in [0.05, 0.1) is 24.1 Å². The standard InChI is InChI=1S/C36H59NO16S3/c1-19(21(3)33(40)37-15-16-54(41,42)43)7-8-20(2)25-9-10-26-24-18-29(51-34-31(39)30(38)32(22(4)50-34)53-56(47,48)49)28-17-23(52-55(44,45)46)11-13-36(28,6)27(24)12-14-35(25,26)5/h7-8,12,19-26,28-32,34,38-39H,9-11,13-18H2,1-6H3,(H,37,40)(H,41,42,43)(H,44,45,46)(H,47,48,49)/b8-7+/t19-,20-,21-,22-,23+,24+,25-,26-,28-,29+,30-,31-,32-,34+,35-,36-/m1/s1. The molecule has 0 bridgehead atoms. The van der Waals surface area contributed by atoms with Gasteiger partial charge in [-0.2, -0.15) is 25.3 Å². The second-order valence-electron chi connectivity index (χ2n) is 17.3. The number of carbonyl (C=O) groups excluding carboxylic acids is 1. The molecule has 5 aliphatic rings. The first kappa shape index (κ1) is 45.5. The van der Waals surface area contributed by atoms with Gasteiger partial charge in [-0.1, -0.05) is 58.4 Å². The number of fused-ring (bicyclic) bond motifs is 5. The van der Waals surface area contributed by atoms with Crippen LogP contribution in [0.15, 0.2) is 23.8 Å². The fourth-order valence-corrected chi connectivity index (χ4v) is 12.2. The highest BCUT2D eigenvalue weighted by Gasteiger charge is 2.61. The molecule has 56 heavy (non-hydrogen) atoms. The topological polar surface area (TPSA) is 270 Å². The maximum atomic E-state index is 12.7. The molecule has 0 unspecified atom stereocenters. The molecule has 4 aliphatic carbocycles. The van der Waals surface area contributed by atoms with Crippen molar-refractivity contribution in [3.05, 3.63) is 23.8 Å². The highest BCUT2D eigenvalue weighted by atomic mass is 32.3. The van der Waals surface area contributed by atoms with E-state index in [1.54, 1.807) is 6.92 Å². The Morgan fingerprint density at radius 2 is 1.61 bits per heavy atom. The van der Waals surface area contributed by atoms with Crippen LogP contribution in [0, 0.1) is 52.3 Å². The van der Waals surface area contributed by atoms with Crippen molar-refractivity contribution in [2.75, 3.05) is 12.3 Å². The lowest BCUT2D eigenvalue weighted by atomic mass is 9.47. The summed E-state index contributed by atoms with van der Waals surface area (Å²) in [5, 5.41) is 24.5. The van der Waals surface area contributed by atoms with Gasteiger partial charge in [0.1, 0.15) is 18.3 Å². The normalized spacial score (nSPS) is 40.8. The molecule has 6 N–H and O–H groups in total. The molecule has 0 aromatic carbocycles. The van der Waals surface area contributed by atoms with E-state index in [0.29, 0.717) is 19.3 Å². The van der Waals surface area contributed by atoms with E-state index in [1.165, 1.54) is 12.5 Å². The quantitative estimate of drug-likeness (QED) is 0.108. The van der Waals surface area contributed by atoms with Crippen LogP contribution < -0.4 is 5.32 Å². The molecule has 1 heterocycles. The van der Waals surface area contributed by atoms with E-state index in [2.05, 4.69) is 42.4 Å². The summed E-state index contributed by atoms with van der Waals surface area (Å²) in [4.78, 5) is 12.7. The Morgan fingerprint density at radius 3 is 2.23 bits per heavy atom. The Morgan fingerprint density at radius 1 is 0.946 bits per heavy atom. The number of amides is 1. The molecule has 17 nitrogen and oxygen atoms in total. The molecule has 20 heteroatoms. The second kappa shape index (κ2) is 16.8. The Balaban J connectivity index is 1.36. The zero-order valence-electron chi connectivity index (χ0n) is 32.6. The van der Waals surface area contributed by atoms with Crippen molar-refractivity contribution in [1.29, 1.82) is 0 Å². The van der Waals surface area contributed by atoms with Crippen LogP contribution in [0.5, 0.6) is 0 Å². The molecule has 1 saturated heterocycles. The first-order valence-electron chi connectivity index (χ1n) is 19.3. The Bertz CT molecular complexity index is 1840. The molecule has 5 rings (SSSR count). The van der Waals surface area contributed by atoms with E-state index < -0.39 is 90.9 Å². The van der Waals surface area contributed by atoms with Gasteiger partial charge in [0, 0.05) is 12.5 Å². The summed E-state index contributed by atoms with van der Waals surface area (Å²) in [6.07, 6.45) is 1.59. The number of rotatable bonds is 14. The van der Waals surface area contributed by atoms with Crippen LogP contribution in [0.4, 0.5) is 0 Å². The zero-order valence-corrected chi connectivity index (χ0v) is 35.1. The fraction of sp³-hybridized carbons (Fsp3) is 0.861. The largest absolute Gasteiger partial charge is 0.397 e. The van der Waals surface area contributed by atoms with Gasteiger partial charge in [0.2, 0.25) is 5.91 Å². The lowest BCUT2D eigenvalue weighted by molar-refractivity contribution is -0.312. The molecule has 0 radical (unpaired) electrons. The summed E-state index contributed by atoms with van der Waals surface area (Å²) >= 11 is 0. The van der Waals surface area contributed by atoms with Gasteiger partial charge in [-0.05, 0) is 98.2 Å². The monoisotopic (exact) mass is 857 g/mol. The molecule has 0 aromatic heterocycles. The first-order valence-corrected chi connectivity index (χ1v) is 23.7. The van der Waals surface area contributed by atoms with Crippen LogP contribution in [0.3, 0.4) is 0 Å². The first-order chi connectivity index (χ1) is 25.7. The number of hydrogen-bond acceptors (Lipinski definition) is 13. The molecule has 3 saturated carbocycles. The maximum Gasteiger partial charge on any atom is 0.397 e. The van der Waals surface area contributed by atoms with Crippen molar-refractivity contribution in [3.8, 4) is 0 Å². The van der Waals surface area contributed by atoms with Crippen molar-refractivity contribution in [2.45, 2.75) is 129 Å². The number of nitrogens with one attached hydrogen (secondary N) is 1. The third-order valence-electron chi connectivity index (χ3n) is 13.8. The van der Waals surface area contributed by atoms with Gasteiger partial charge in [-0.25, -0.2) is 8.37 Å². The van der Waals surface area contributed by atoms with Crippen molar-refractivity contribution < 1.29 is 71.8 Å². The van der Waals surface area contributed by atoms with Crippen LogP contribution in [-0.2, 0) is 53.6 Å². The molecular formula is C36H59NO16S3. The molecule has 16 atom stereocenters. The van der Waals surface area contributed by atoms with Crippen molar-refractivity contribution in [3.63, 3.8) is 0 Å². The number of hydrogen-bond donors (Lipinski definition) is 6. The highest BCUT2D eigenvalue weighted by Crippen LogP contribution is 2.67. The SMILES string of the molecule is C[C@H](/C=C/[C@@H](C)[C@@H](C)C(=O)NCCS(=O)(=O)O)[C@H]1CC[C@@H]2[C@@H]3C[C@H](O[C@@H]4O[C@H](C)[C@@H](OS(=O)(=O)O)[C@H](O)[C@H]4O)[C@H]4C[C@@H](OS(=O)(=O)O)CC[C@]4(C)C3=CC[C@]12C. The van der Waals surface area contributed by atoms with Crippen molar-refractivity contribution >= 4 is 36.8 Å². The molecule has 1 aliphatic heterocycles. The summed E-state index contributed by atoms with van der Waals surface area (Å²) in [6, 6.07) is 0. The van der Waals surface area contributed by atoms with E-state index in [9.17, 15) is 49.4 Å². The van der Waals surface area contributed by atoms with Crippen LogP contribution >= 0.6 is 0 Å². The number of aliphatic hydroxyl groups excluding tert-OH is 2. The van der Waals surface area contributed by atoms with E-state index >= 15 is 0 Å². The van der Waals surface area contributed by atoms with Gasteiger partial charge >= 0.3 is 20.8 Å². The summed E-state index contributed by atoms with van der Waals surface area (Å²) in [6.45, 7) is 11.5. The minimum atomic E-state index is -4.99. The second-order valence-corrected chi connectivity index (χ2v) is 20.9. The molecule has 4 fully saturated rings. The van der Waals surface area contributed by atoms with E-state index in [-0.39, 0.29) is 59.8 Å². The van der Waals surface area contributed by atoms with Gasteiger partial charge in [-0.15, -0.1) is 0 Å². The summed E-state index contributed by atoms with van der Waals surface area (Å²) in [7, 11) is -13.9. The molecule has 1 amide bonds. The number of aliphatic hydroxyl groups is 2. The van der Waals surface area contributed by atoms with Crippen LogP contribution in [-0.4, -0.2) is 110 Å². The van der Waals surface area contributed by atoms with E-state index in [1.807, 2.05) is 13.0 Å². The zero-order chi connectivity index (χ0) is 41.8. The Kier molecular flexibility index (Phi) is 13.7. The minimum Gasteiger partial charge on any atom is -0.387 e. The van der Waals surface area contributed by atoms with Crippen LogP contribution in [0.1, 0.15) is 86.5 Å². The third kappa shape index (κ3) is 10.1. The smallest absolute Gasteiger partial charge is 0.387 e. The van der Waals surface area contributed by atoms with Gasteiger partial charge in [0.25, 0.3) is 10.1 Å². The van der Waals surface area contributed by atoms with E-state index in [0.717, 1.165) is 19.3 Å². The summed E-state index contributed by atoms with van der Waals surface area (Å²) in [5.41, 5.74) is 0.665. The predicted molar refractivity (Wildman–Crippen MR) is 201 cm³/mol. The van der Waals surface area contributed by atoms with Crippen molar-refractivity contribution in [2.24, 2.45) is 52.3 Å². The summed E-state index contributed by atoms with van der Waals surface area (Å²) < 4.78 is 118. The van der Waals surface area contributed by atoms with Gasteiger partial charge < -0.3 is 25.0 Å². The number of allylic oxidation sites excluding steroid dienone is 4. The molecular weight excluding hydrogens is 799 g/mol. The maximum absolute atomic E-state index is 12.7. The number of ether oxygens (including phenoxy) is 2. The molecule has 0 spiro atoms. The Hall–Kier alpha value is -1.56. The lowest BCUT2D eigenvalue weighted by Gasteiger charge is -2.59. The van der Waals surface area contributed by atoms with Crippen LogP contribution in [0.25, 0.3) is 0 Å². The van der Waals surface area contributed by atoms with E-state index in [4.69, 9.17) is 18.2 Å². The predicted octanol–water partition coefficient (Wildman–Crippen LogP) is 2.87. The average Bonchev–Trinajstić information content (AvgIpc) is 3.43. The minimum absolute atomic E-state index is 0.0456. The van der Waals surface area contributed by atoms with Crippen LogP contribution in [0.2, 0.25) is 0 Å². The Labute approximate surface area is 330 Å². The number of carbonyl (C=O) groups is 1. The molecule has 0 aromatic rings. The fourth-order valence-electron chi connectivity index (χ4n) is 10.7. The highest BCUT2D eigenvalue weighted by molar-refractivity contribution is 7.85. The summed E-state index contributed by atoms with van der Waals surface area (Å²) in [5.74, 6) is -1.08. The van der Waals surface area contributed by atoms with Gasteiger partial charge in [0.15, 0.2) is 6.29 Å². The average molecular weight is 858 g/mol.